The van der Waals surface area contributed by atoms with Crippen molar-refractivity contribution in [1.29, 1.82) is 0 Å². The van der Waals surface area contributed by atoms with Crippen LogP contribution in [-0.2, 0) is 4.74 Å². The zero-order valence-corrected chi connectivity index (χ0v) is 11.0. The van der Waals surface area contributed by atoms with Crippen LogP contribution in [0.3, 0.4) is 0 Å². The van der Waals surface area contributed by atoms with Crippen molar-refractivity contribution < 1.29 is 4.74 Å². The molecule has 92 valence electrons. The van der Waals surface area contributed by atoms with Crippen LogP contribution in [0.5, 0.6) is 0 Å². The van der Waals surface area contributed by atoms with E-state index in [1.54, 1.807) is 0 Å². The predicted molar refractivity (Wildman–Crippen MR) is 67.3 cm³/mol. The van der Waals surface area contributed by atoms with E-state index in [0.29, 0.717) is 6.04 Å². The van der Waals surface area contributed by atoms with Gasteiger partial charge < -0.3 is 10.1 Å². The average Bonchev–Trinajstić information content (AvgIpc) is 2.27. The Morgan fingerprint density at radius 3 is 2.33 bits per heavy atom. The number of hydrogen-bond donors (Lipinski definition) is 1. The Labute approximate surface area is 95.8 Å². The van der Waals surface area contributed by atoms with Gasteiger partial charge in [-0.25, -0.2) is 0 Å². The van der Waals surface area contributed by atoms with Crippen molar-refractivity contribution in [3.63, 3.8) is 0 Å². The van der Waals surface area contributed by atoms with Gasteiger partial charge in [0, 0.05) is 12.6 Å². The van der Waals surface area contributed by atoms with Crippen LogP contribution in [0.2, 0.25) is 0 Å². The molecule has 0 saturated heterocycles. The second-order valence-corrected chi connectivity index (χ2v) is 4.28. The molecule has 15 heavy (non-hydrogen) atoms. The van der Waals surface area contributed by atoms with E-state index in [9.17, 15) is 0 Å². The summed E-state index contributed by atoms with van der Waals surface area (Å²) in [6.07, 6.45) is 6.32. The van der Waals surface area contributed by atoms with E-state index in [0.717, 1.165) is 25.6 Å². The van der Waals surface area contributed by atoms with Crippen molar-refractivity contribution in [1.82, 2.24) is 5.32 Å². The lowest BCUT2D eigenvalue weighted by atomic mass is 9.92. The van der Waals surface area contributed by atoms with E-state index in [4.69, 9.17) is 4.74 Å². The molecule has 0 saturated carbocycles. The summed E-state index contributed by atoms with van der Waals surface area (Å²) >= 11 is 0. The van der Waals surface area contributed by atoms with Gasteiger partial charge in [-0.1, -0.05) is 40.0 Å². The van der Waals surface area contributed by atoms with Crippen LogP contribution in [0.15, 0.2) is 0 Å². The Kier molecular flexibility index (Phi) is 10.4. The Morgan fingerprint density at radius 2 is 1.87 bits per heavy atom. The van der Waals surface area contributed by atoms with Gasteiger partial charge in [0.05, 0.1) is 6.61 Å². The van der Waals surface area contributed by atoms with Gasteiger partial charge in [0.2, 0.25) is 0 Å². The van der Waals surface area contributed by atoms with Crippen LogP contribution in [-0.4, -0.2) is 26.3 Å². The average molecular weight is 215 g/mol. The van der Waals surface area contributed by atoms with Gasteiger partial charge in [0.1, 0.15) is 0 Å². The maximum absolute atomic E-state index is 5.64. The lowest BCUT2D eigenvalue weighted by molar-refractivity contribution is 0.0926. The Bertz CT molecular complexity index is 128. The molecule has 0 aliphatic carbocycles. The second-order valence-electron chi connectivity index (χ2n) is 4.28. The minimum absolute atomic E-state index is 0.535. The third kappa shape index (κ3) is 6.91. The first-order valence-electron chi connectivity index (χ1n) is 6.55. The fourth-order valence-corrected chi connectivity index (χ4v) is 1.97. The molecule has 0 aliphatic heterocycles. The summed E-state index contributed by atoms with van der Waals surface area (Å²) in [5.74, 6) is 0.770. The lowest BCUT2D eigenvalue weighted by Crippen LogP contribution is -2.37. The van der Waals surface area contributed by atoms with Crippen molar-refractivity contribution in [3.8, 4) is 0 Å². The van der Waals surface area contributed by atoms with Gasteiger partial charge in [-0.3, -0.25) is 0 Å². The van der Waals surface area contributed by atoms with Crippen molar-refractivity contribution >= 4 is 0 Å². The molecule has 0 aliphatic rings. The van der Waals surface area contributed by atoms with Gasteiger partial charge in [-0.15, -0.1) is 0 Å². The van der Waals surface area contributed by atoms with Gasteiger partial charge in [-0.2, -0.15) is 0 Å². The SMILES string of the molecule is CCCCC(CC)C(COCCC)NC. The number of hydrogen-bond acceptors (Lipinski definition) is 2. The molecule has 0 bridgehead atoms. The molecule has 2 heteroatoms. The molecule has 1 N–H and O–H groups in total. The lowest BCUT2D eigenvalue weighted by Gasteiger charge is -2.25. The van der Waals surface area contributed by atoms with E-state index in [-0.39, 0.29) is 0 Å². The van der Waals surface area contributed by atoms with Crippen LogP contribution >= 0.6 is 0 Å². The Morgan fingerprint density at radius 1 is 1.13 bits per heavy atom. The van der Waals surface area contributed by atoms with Crippen molar-refractivity contribution in [2.75, 3.05) is 20.3 Å². The van der Waals surface area contributed by atoms with E-state index in [2.05, 4.69) is 33.1 Å². The van der Waals surface area contributed by atoms with Gasteiger partial charge >= 0.3 is 0 Å². The predicted octanol–water partition coefficient (Wildman–Crippen LogP) is 3.22. The summed E-state index contributed by atoms with van der Waals surface area (Å²) < 4.78 is 5.64. The molecule has 2 nitrogen and oxygen atoms in total. The number of ether oxygens (including phenoxy) is 1. The highest BCUT2D eigenvalue weighted by atomic mass is 16.5. The van der Waals surface area contributed by atoms with Crippen LogP contribution < -0.4 is 5.32 Å². The molecular formula is C13H29NO. The standard InChI is InChI=1S/C13H29NO/c1-5-8-9-12(7-3)13(14-4)11-15-10-6-2/h12-14H,5-11H2,1-4H3. The fourth-order valence-electron chi connectivity index (χ4n) is 1.97. The molecule has 0 radical (unpaired) electrons. The molecule has 0 amide bonds. The van der Waals surface area contributed by atoms with Gasteiger partial charge in [0.25, 0.3) is 0 Å². The molecule has 0 fully saturated rings. The highest BCUT2D eigenvalue weighted by Gasteiger charge is 2.17. The van der Waals surface area contributed by atoms with Crippen LogP contribution in [0.4, 0.5) is 0 Å². The number of rotatable bonds is 10. The fraction of sp³-hybridized carbons (Fsp3) is 1.00. The highest BCUT2D eigenvalue weighted by Crippen LogP contribution is 2.17. The van der Waals surface area contributed by atoms with Gasteiger partial charge in [0.15, 0.2) is 0 Å². The van der Waals surface area contributed by atoms with Crippen molar-refractivity contribution in [2.24, 2.45) is 5.92 Å². The molecule has 2 atom stereocenters. The van der Waals surface area contributed by atoms with Crippen molar-refractivity contribution in [3.05, 3.63) is 0 Å². The zero-order chi connectivity index (χ0) is 11.5. The second kappa shape index (κ2) is 10.4. The van der Waals surface area contributed by atoms with E-state index in [1.165, 1.54) is 25.7 Å². The minimum Gasteiger partial charge on any atom is -0.380 e. The van der Waals surface area contributed by atoms with Crippen LogP contribution in [0, 0.1) is 5.92 Å². The summed E-state index contributed by atoms with van der Waals surface area (Å²) in [5.41, 5.74) is 0. The highest BCUT2D eigenvalue weighted by molar-refractivity contribution is 4.73. The molecular weight excluding hydrogens is 186 g/mol. The first kappa shape index (κ1) is 14.9. The smallest absolute Gasteiger partial charge is 0.0622 e. The van der Waals surface area contributed by atoms with E-state index >= 15 is 0 Å². The third-order valence-corrected chi connectivity index (χ3v) is 3.04. The number of nitrogens with one attached hydrogen (secondary N) is 1. The molecule has 0 aromatic carbocycles. The maximum Gasteiger partial charge on any atom is 0.0622 e. The van der Waals surface area contributed by atoms with Gasteiger partial charge in [-0.05, 0) is 25.8 Å². The monoisotopic (exact) mass is 215 g/mol. The molecule has 0 heterocycles. The molecule has 0 aromatic rings. The normalized spacial score (nSPS) is 15.2. The Balaban J connectivity index is 3.85. The van der Waals surface area contributed by atoms with Crippen LogP contribution in [0.1, 0.15) is 52.9 Å². The summed E-state index contributed by atoms with van der Waals surface area (Å²) in [4.78, 5) is 0. The van der Waals surface area contributed by atoms with E-state index < -0.39 is 0 Å². The number of unbranched alkanes of at least 4 members (excludes halogenated alkanes) is 1. The summed E-state index contributed by atoms with van der Waals surface area (Å²) in [5, 5.41) is 3.40. The molecule has 0 rings (SSSR count). The Hall–Kier alpha value is -0.0800. The summed E-state index contributed by atoms with van der Waals surface area (Å²) in [6, 6.07) is 0.535. The van der Waals surface area contributed by atoms with E-state index in [1.807, 2.05) is 0 Å². The summed E-state index contributed by atoms with van der Waals surface area (Å²) in [6.45, 7) is 8.46. The van der Waals surface area contributed by atoms with Crippen LogP contribution in [0.25, 0.3) is 0 Å². The molecule has 2 unspecified atom stereocenters. The quantitative estimate of drug-likeness (QED) is 0.565. The largest absolute Gasteiger partial charge is 0.380 e. The van der Waals surface area contributed by atoms with Crippen molar-refractivity contribution in [2.45, 2.75) is 58.9 Å². The summed E-state index contributed by atoms with van der Waals surface area (Å²) in [7, 11) is 2.05. The zero-order valence-electron chi connectivity index (χ0n) is 11.0. The topological polar surface area (TPSA) is 21.3 Å². The minimum atomic E-state index is 0.535. The number of likely N-dealkylation sites (N-methyl/N-ethyl adjacent to an activating group) is 1. The molecule has 0 spiro atoms. The molecule has 0 aromatic heterocycles. The first-order valence-corrected chi connectivity index (χ1v) is 6.55. The maximum atomic E-state index is 5.64. The first-order chi connectivity index (χ1) is 7.29. The third-order valence-electron chi connectivity index (χ3n) is 3.04.